The third-order valence-corrected chi connectivity index (χ3v) is 7.67. The number of aliphatic hydroxyl groups is 1. The summed E-state index contributed by atoms with van der Waals surface area (Å²) < 4.78 is 6.92. The van der Waals surface area contributed by atoms with Crippen molar-refractivity contribution in [1.82, 2.24) is 9.55 Å². The van der Waals surface area contributed by atoms with Crippen molar-refractivity contribution in [2.75, 3.05) is 0 Å². The van der Waals surface area contributed by atoms with E-state index in [0.29, 0.717) is 40.3 Å². The Bertz CT molecular complexity index is 1790. The standard InChI is InChI=1S/C29H24N4O6/c1-3-29(36)12-18-11-24-26-20(14-32(24)27(34)21(18)15-39-28(29)35)16(2)25-22(5-4-6-23(25)31-26)30-13-17-7-9-19(10-8-17)33(37)38/h4-11,13,36H,3,12,14-15H2,1-2H3/t29-/m0/s1. The Morgan fingerprint density at radius 3 is 2.69 bits per heavy atom. The molecular formula is C29H24N4O6. The molecule has 0 fully saturated rings. The van der Waals surface area contributed by atoms with E-state index in [1.54, 1.807) is 29.8 Å². The average Bonchev–Trinajstić information content (AvgIpc) is 3.24. The molecule has 6 rings (SSSR count). The number of benzene rings is 2. The minimum atomic E-state index is -1.68. The first-order valence-corrected chi connectivity index (χ1v) is 12.6. The van der Waals surface area contributed by atoms with E-state index in [4.69, 9.17) is 9.72 Å². The molecule has 2 aliphatic rings. The molecule has 0 unspecified atom stereocenters. The Hall–Kier alpha value is -4.70. The van der Waals surface area contributed by atoms with Gasteiger partial charge in [0.15, 0.2) is 5.60 Å². The number of carbonyl (C=O) groups is 1. The summed E-state index contributed by atoms with van der Waals surface area (Å²) in [7, 11) is 0. The number of hydrogen-bond donors (Lipinski definition) is 1. The normalized spacial score (nSPS) is 18.0. The van der Waals surface area contributed by atoms with Crippen molar-refractivity contribution >= 4 is 34.5 Å². The van der Waals surface area contributed by atoms with Crippen molar-refractivity contribution in [2.24, 2.45) is 4.99 Å². The van der Waals surface area contributed by atoms with Gasteiger partial charge in [-0.2, -0.15) is 0 Å². The quantitative estimate of drug-likeness (QED) is 0.161. The molecule has 1 atom stereocenters. The molecule has 0 radical (unpaired) electrons. The molecule has 196 valence electrons. The van der Waals surface area contributed by atoms with E-state index in [1.165, 1.54) is 12.1 Å². The molecule has 0 amide bonds. The number of aromatic nitrogens is 2. The molecule has 1 N–H and O–H groups in total. The van der Waals surface area contributed by atoms with Gasteiger partial charge in [0, 0.05) is 35.7 Å². The molecular weight excluding hydrogens is 500 g/mol. The summed E-state index contributed by atoms with van der Waals surface area (Å²) in [4.78, 5) is 46.0. The summed E-state index contributed by atoms with van der Waals surface area (Å²) >= 11 is 0. The summed E-state index contributed by atoms with van der Waals surface area (Å²) in [6, 6.07) is 13.6. The molecule has 39 heavy (non-hydrogen) atoms. The third-order valence-electron chi connectivity index (χ3n) is 7.67. The number of nitro benzene ring substituents is 1. The van der Waals surface area contributed by atoms with Crippen molar-refractivity contribution in [3.8, 4) is 11.4 Å². The van der Waals surface area contributed by atoms with E-state index in [2.05, 4.69) is 4.99 Å². The van der Waals surface area contributed by atoms with Crippen molar-refractivity contribution < 1.29 is 19.6 Å². The van der Waals surface area contributed by atoms with Crippen LogP contribution in [0, 0.1) is 17.0 Å². The maximum atomic E-state index is 13.5. The summed E-state index contributed by atoms with van der Waals surface area (Å²) in [6.07, 6.45) is 1.83. The molecule has 2 aromatic heterocycles. The van der Waals surface area contributed by atoms with Gasteiger partial charge < -0.3 is 14.4 Å². The van der Waals surface area contributed by atoms with Crippen molar-refractivity contribution in [1.29, 1.82) is 0 Å². The van der Waals surface area contributed by atoms with Gasteiger partial charge in [-0.05, 0) is 60.4 Å². The number of carbonyl (C=O) groups excluding carboxylic acids is 1. The summed E-state index contributed by atoms with van der Waals surface area (Å²) in [5.41, 5.74) is 4.35. The van der Waals surface area contributed by atoms with Crippen LogP contribution in [0.4, 0.5) is 11.4 Å². The zero-order chi connectivity index (χ0) is 27.5. The van der Waals surface area contributed by atoms with Gasteiger partial charge in [0.05, 0.1) is 39.6 Å². The predicted molar refractivity (Wildman–Crippen MR) is 144 cm³/mol. The highest BCUT2D eigenvalue weighted by atomic mass is 16.6. The van der Waals surface area contributed by atoms with E-state index >= 15 is 0 Å². The minimum absolute atomic E-state index is 0.00412. The van der Waals surface area contributed by atoms with Crippen LogP contribution < -0.4 is 5.56 Å². The number of cyclic esters (lactones) is 1. The number of fused-ring (bicyclic) bond motifs is 5. The minimum Gasteiger partial charge on any atom is -0.458 e. The second kappa shape index (κ2) is 8.95. The number of pyridine rings is 2. The van der Waals surface area contributed by atoms with Gasteiger partial charge in [-0.25, -0.2) is 9.78 Å². The van der Waals surface area contributed by atoms with Crippen molar-refractivity contribution in [2.45, 2.75) is 45.4 Å². The first-order valence-electron chi connectivity index (χ1n) is 12.6. The van der Waals surface area contributed by atoms with Gasteiger partial charge in [0.2, 0.25) is 0 Å². The predicted octanol–water partition coefficient (Wildman–Crippen LogP) is 4.13. The first-order chi connectivity index (χ1) is 18.7. The first kappa shape index (κ1) is 24.6. The molecule has 2 aliphatic heterocycles. The summed E-state index contributed by atoms with van der Waals surface area (Å²) in [5, 5.41) is 22.6. The van der Waals surface area contributed by atoms with Crippen LogP contribution in [0.15, 0.2) is 58.3 Å². The van der Waals surface area contributed by atoms with Crippen LogP contribution in [-0.2, 0) is 29.1 Å². The number of rotatable bonds is 4. The lowest BCUT2D eigenvalue weighted by molar-refractivity contribution is -0.384. The maximum Gasteiger partial charge on any atom is 0.338 e. The van der Waals surface area contributed by atoms with Crippen molar-refractivity contribution in [3.05, 3.63) is 96.8 Å². The lowest BCUT2D eigenvalue weighted by Gasteiger charge is -2.21. The summed E-state index contributed by atoms with van der Waals surface area (Å²) in [6.45, 7) is 3.83. The van der Waals surface area contributed by atoms with Gasteiger partial charge in [0.25, 0.3) is 11.2 Å². The van der Waals surface area contributed by atoms with Crippen LogP contribution in [0.2, 0.25) is 0 Å². The fraction of sp³-hybridized carbons (Fsp3) is 0.241. The average molecular weight is 525 g/mol. The second-order valence-electron chi connectivity index (χ2n) is 9.90. The Balaban J connectivity index is 1.44. The van der Waals surface area contributed by atoms with Crippen LogP contribution in [0.3, 0.4) is 0 Å². The molecule has 10 heteroatoms. The monoisotopic (exact) mass is 524 g/mol. The number of aryl methyl sites for hydroxylation is 1. The number of non-ortho nitro benzene ring substituents is 1. The van der Waals surface area contributed by atoms with Gasteiger partial charge in [-0.3, -0.25) is 19.9 Å². The topological polar surface area (TPSA) is 137 Å². The fourth-order valence-electron chi connectivity index (χ4n) is 5.35. The highest BCUT2D eigenvalue weighted by Gasteiger charge is 2.40. The smallest absolute Gasteiger partial charge is 0.338 e. The number of esters is 1. The van der Waals surface area contributed by atoms with E-state index < -0.39 is 16.5 Å². The Labute approximate surface area is 222 Å². The maximum absolute atomic E-state index is 13.5. The number of nitrogens with zero attached hydrogens (tertiary/aromatic N) is 4. The Kier molecular flexibility index (Phi) is 5.65. The SMILES string of the molecule is CC[C@]1(O)Cc2cc3n(c(=O)c2COC1=O)Cc1c-3nc2cccc(N=Cc3ccc([N+](=O)[O-])cc3)c2c1C. The lowest BCUT2D eigenvalue weighted by atomic mass is 9.91. The molecule has 0 saturated heterocycles. The van der Waals surface area contributed by atoms with Gasteiger partial charge in [-0.15, -0.1) is 0 Å². The molecule has 0 bridgehead atoms. The lowest BCUT2D eigenvalue weighted by Crippen LogP contribution is -2.40. The highest BCUT2D eigenvalue weighted by Crippen LogP contribution is 2.39. The number of aliphatic imine (C=N–C) groups is 1. The van der Waals surface area contributed by atoms with Gasteiger partial charge in [0.1, 0.15) is 6.61 Å². The van der Waals surface area contributed by atoms with E-state index in [0.717, 1.165) is 22.1 Å². The van der Waals surface area contributed by atoms with Gasteiger partial charge in [-0.1, -0.05) is 13.0 Å². The summed E-state index contributed by atoms with van der Waals surface area (Å²) in [5.74, 6) is -0.715. The van der Waals surface area contributed by atoms with Crippen LogP contribution in [0.5, 0.6) is 0 Å². The molecule has 4 aromatic rings. The van der Waals surface area contributed by atoms with E-state index in [-0.39, 0.29) is 30.7 Å². The van der Waals surface area contributed by atoms with Crippen molar-refractivity contribution in [3.63, 3.8) is 0 Å². The number of ether oxygens (including phenoxy) is 1. The number of nitro groups is 1. The number of hydrogen-bond acceptors (Lipinski definition) is 8. The van der Waals surface area contributed by atoms with Crippen LogP contribution >= 0.6 is 0 Å². The van der Waals surface area contributed by atoms with Crippen LogP contribution in [0.1, 0.15) is 41.2 Å². The highest BCUT2D eigenvalue weighted by molar-refractivity contribution is 5.98. The zero-order valence-corrected chi connectivity index (χ0v) is 21.3. The Morgan fingerprint density at radius 1 is 1.21 bits per heavy atom. The molecule has 4 heterocycles. The molecule has 10 nitrogen and oxygen atoms in total. The van der Waals surface area contributed by atoms with E-state index in [9.17, 15) is 24.8 Å². The third kappa shape index (κ3) is 3.91. The van der Waals surface area contributed by atoms with Crippen LogP contribution in [0.25, 0.3) is 22.3 Å². The Morgan fingerprint density at radius 2 is 1.97 bits per heavy atom. The van der Waals surface area contributed by atoms with E-state index in [1.807, 2.05) is 31.2 Å². The van der Waals surface area contributed by atoms with Crippen LogP contribution in [-0.4, -0.2) is 37.4 Å². The molecule has 0 spiro atoms. The fourth-order valence-corrected chi connectivity index (χ4v) is 5.35. The molecule has 0 aliphatic carbocycles. The largest absolute Gasteiger partial charge is 0.458 e. The zero-order valence-electron chi connectivity index (χ0n) is 21.3. The second-order valence-corrected chi connectivity index (χ2v) is 9.90. The molecule has 2 aromatic carbocycles. The molecule has 0 saturated carbocycles. The van der Waals surface area contributed by atoms with Gasteiger partial charge >= 0.3 is 5.97 Å².